The van der Waals surface area contributed by atoms with Crippen LogP contribution < -0.4 is 0 Å². The Morgan fingerprint density at radius 1 is 0.290 bits per heavy atom. The molecule has 0 heteroatoms. The average molecular weight is 787 g/mol. The summed E-state index contributed by atoms with van der Waals surface area (Å²) in [5.41, 5.74) is 12.8. The van der Waals surface area contributed by atoms with Crippen LogP contribution in [0.25, 0.3) is 104 Å². The van der Waals surface area contributed by atoms with E-state index in [0.29, 0.717) is 0 Å². The number of hydrogen-bond donors (Lipinski definition) is 0. The third kappa shape index (κ3) is 6.35. The number of hydrogen-bond acceptors (Lipinski definition) is 0. The summed E-state index contributed by atoms with van der Waals surface area (Å²) in [6.07, 6.45) is 16.8. The van der Waals surface area contributed by atoms with Crippen molar-refractivity contribution < 1.29 is 0 Å². The molecule has 0 radical (unpaired) electrons. The van der Waals surface area contributed by atoms with E-state index in [0.717, 1.165) is 12.8 Å². The molecule has 11 aromatic rings. The van der Waals surface area contributed by atoms with Gasteiger partial charge in [-0.3, -0.25) is 0 Å². The Morgan fingerprint density at radius 2 is 0.677 bits per heavy atom. The lowest BCUT2D eigenvalue weighted by atomic mass is 9.90. The Bertz CT molecular complexity index is 3590. The molecule has 11 aromatic carbocycles. The van der Waals surface area contributed by atoms with Gasteiger partial charge in [0, 0.05) is 0 Å². The largest absolute Gasteiger partial charge is 0.124 e. The lowest BCUT2D eigenvalue weighted by Crippen LogP contribution is -1.95. The van der Waals surface area contributed by atoms with Crippen molar-refractivity contribution in [3.63, 3.8) is 0 Å². The summed E-state index contributed by atoms with van der Waals surface area (Å²) < 4.78 is 0. The number of allylic oxidation sites excluding steroid dienone is 4. The molecule has 0 fully saturated rings. The fraction of sp³-hybridized carbons (Fsp3) is 0.0323. The number of fused-ring (bicyclic) bond motifs is 14. The molecular weight excluding hydrogens is 745 g/mol. The molecular formula is C62H42. The zero-order chi connectivity index (χ0) is 41.6. The van der Waals surface area contributed by atoms with Crippen LogP contribution in [0.1, 0.15) is 16.7 Å². The summed E-state index contributed by atoms with van der Waals surface area (Å²) in [5.74, 6) is 0. The first kappa shape index (κ1) is 37.1. The van der Waals surface area contributed by atoms with Crippen molar-refractivity contribution in [2.75, 3.05) is 0 Å². The molecule has 0 nitrogen and oxygen atoms in total. The Morgan fingerprint density at radius 3 is 1.26 bits per heavy atom. The lowest BCUT2D eigenvalue weighted by molar-refractivity contribution is 1.23. The van der Waals surface area contributed by atoms with Gasteiger partial charge in [0.25, 0.3) is 0 Å². The Labute approximate surface area is 362 Å². The van der Waals surface area contributed by atoms with E-state index in [1.807, 2.05) is 0 Å². The lowest BCUT2D eigenvalue weighted by Gasteiger charge is -2.15. The normalized spacial score (nSPS) is 13.9. The van der Waals surface area contributed by atoms with Gasteiger partial charge in [0.05, 0.1) is 0 Å². The average Bonchev–Trinajstić information content (AvgIpc) is 3.35. The Hall–Kier alpha value is -7.98. The van der Waals surface area contributed by atoms with E-state index in [-0.39, 0.29) is 0 Å². The van der Waals surface area contributed by atoms with Gasteiger partial charge < -0.3 is 0 Å². The van der Waals surface area contributed by atoms with Crippen molar-refractivity contribution in [2.24, 2.45) is 0 Å². The molecule has 62 heavy (non-hydrogen) atoms. The van der Waals surface area contributed by atoms with Crippen molar-refractivity contribution in [1.29, 1.82) is 0 Å². The number of benzene rings is 11. The van der Waals surface area contributed by atoms with Crippen LogP contribution in [0.3, 0.4) is 0 Å². The maximum absolute atomic E-state index is 4.00. The highest BCUT2D eigenvalue weighted by molar-refractivity contribution is 6.26. The molecule has 12 rings (SSSR count). The van der Waals surface area contributed by atoms with Gasteiger partial charge in [-0.2, -0.15) is 0 Å². The molecule has 0 bridgehead atoms. The Balaban J connectivity index is 0.00000213. The van der Waals surface area contributed by atoms with E-state index >= 15 is 0 Å². The van der Waals surface area contributed by atoms with Crippen LogP contribution in [0.2, 0.25) is 0 Å². The van der Waals surface area contributed by atoms with Crippen LogP contribution in [0.4, 0.5) is 0 Å². The van der Waals surface area contributed by atoms with E-state index in [1.165, 1.54) is 120 Å². The molecule has 0 N–H and O–H groups in total. The summed E-state index contributed by atoms with van der Waals surface area (Å²) in [4.78, 5) is 0. The standard InChI is InChI=1S/C60H40.C2H2/c1-3-14-49-42(10-1)13-9-12-39(24-25-43-11-2-4-15-50(43)49)44-26-31-51-47(36-44)29-34-58-52-32-27-45(37-48(52)30-35-57(51)58)40-20-22-41(23-21-40)46-28-33-59-55-18-6-5-16-53(55)54-17-7-8-19-56(54)60(59)38-46;1-2/h1-12,14-24,26-38H,13,25H2;1-2H/b12-9-,39-24+;. The van der Waals surface area contributed by atoms with Gasteiger partial charge >= 0.3 is 0 Å². The molecule has 0 spiro atoms. The van der Waals surface area contributed by atoms with E-state index in [1.54, 1.807) is 0 Å². The van der Waals surface area contributed by atoms with E-state index in [9.17, 15) is 0 Å². The highest BCUT2D eigenvalue weighted by Gasteiger charge is 2.13. The minimum Gasteiger partial charge on any atom is -0.124 e. The SMILES string of the molecule is C#C.C1=C\C(c2ccc3c(ccc4c5ccc(-c6ccc(-c7ccc8c9ccccc9c9ccccc9c8c7)cc6)cc5ccc34)c2)=C/Cc2ccccc2-c2ccccc2C/1. The Kier molecular flexibility index (Phi) is 9.30. The minimum atomic E-state index is 0.887. The summed E-state index contributed by atoms with van der Waals surface area (Å²) >= 11 is 0. The van der Waals surface area contributed by atoms with Gasteiger partial charge in [-0.25, -0.2) is 0 Å². The first-order valence-electron chi connectivity index (χ1n) is 21.4. The van der Waals surface area contributed by atoms with Gasteiger partial charge in [-0.15, -0.1) is 12.8 Å². The van der Waals surface area contributed by atoms with Gasteiger partial charge in [0.1, 0.15) is 0 Å². The van der Waals surface area contributed by atoms with Crippen LogP contribution in [0, 0.1) is 12.8 Å². The van der Waals surface area contributed by atoms with E-state index in [4.69, 9.17) is 0 Å². The van der Waals surface area contributed by atoms with Crippen molar-refractivity contribution in [3.8, 4) is 46.2 Å². The van der Waals surface area contributed by atoms with Crippen molar-refractivity contribution >= 4 is 70.2 Å². The monoisotopic (exact) mass is 786 g/mol. The first-order chi connectivity index (χ1) is 30.7. The zero-order valence-corrected chi connectivity index (χ0v) is 34.4. The van der Waals surface area contributed by atoms with Crippen LogP contribution in [0.5, 0.6) is 0 Å². The summed E-state index contributed by atoms with van der Waals surface area (Å²) in [7, 11) is 0. The van der Waals surface area contributed by atoms with Crippen LogP contribution in [-0.4, -0.2) is 0 Å². The fourth-order valence-electron chi connectivity index (χ4n) is 9.93. The van der Waals surface area contributed by atoms with Crippen LogP contribution in [0.15, 0.2) is 218 Å². The summed E-state index contributed by atoms with van der Waals surface area (Å²) in [5, 5.41) is 15.5. The summed E-state index contributed by atoms with van der Waals surface area (Å²) in [6, 6.07) is 74.5. The fourth-order valence-corrected chi connectivity index (χ4v) is 9.93. The van der Waals surface area contributed by atoms with Crippen molar-refractivity contribution in [2.45, 2.75) is 12.8 Å². The van der Waals surface area contributed by atoms with E-state index in [2.05, 4.69) is 231 Å². The first-order valence-corrected chi connectivity index (χ1v) is 21.4. The molecule has 0 saturated carbocycles. The third-order valence-electron chi connectivity index (χ3n) is 13.0. The molecule has 0 aromatic heterocycles. The summed E-state index contributed by atoms with van der Waals surface area (Å²) in [6.45, 7) is 0. The molecule has 0 unspecified atom stereocenters. The second-order valence-electron chi connectivity index (χ2n) is 16.3. The van der Waals surface area contributed by atoms with Gasteiger partial charge in [0.15, 0.2) is 0 Å². The smallest absolute Gasteiger partial charge is 0.00821 e. The maximum atomic E-state index is 4.00. The highest BCUT2D eigenvalue weighted by atomic mass is 14.2. The second-order valence-corrected chi connectivity index (χ2v) is 16.3. The predicted octanol–water partition coefficient (Wildman–Crippen LogP) is 16.6. The number of rotatable bonds is 3. The van der Waals surface area contributed by atoms with Gasteiger partial charge in [-0.1, -0.05) is 200 Å². The molecule has 0 aliphatic heterocycles. The molecule has 1 aliphatic carbocycles. The molecule has 0 atom stereocenters. The molecule has 290 valence electrons. The minimum absolute atomic E-state index is 0.887. The predicted molar refractivity (Wildman–Crippen MR) is 269 cm³/mol. The van der Waals surface area contributed by atoms with Crippen LogP contribution in [-0.2, 0) is 12.8 Å². The molecule has 0 amide bonds. The van der Waals surface area contributed by atoms with Crippen LogP contribution >= 0.6 is 0 Å². The third-order valence-corrected chi connectivity index (χ3v) is 13.0. The zero-order valence-electron chi connectivity index (χ0n) is 34.4. The van der Waals surface area contributed by atoms with E-state index < -0.39 is 0 Å². The quantitative estimate of drug-likeness (QED) is 0.124. The molecule has 0 heterocycles. The number of terminal acetylenes is 1. The molecule has 1 aliphatic rings. The van der Waals surface area contributed by atoms with Gasteiger partial charge in [0.2, 0.25) is 0 Å². The highest BCUT2D eigenvalue weighted by Crippen LogP contribution is 2.39. The van der Waals surface area contributed by atoms with Crippen molar-refractivity contribution in [3.05, 3.63) is 235 Å². The topological polar surface area (TPSA) is 0 Å². The van der Waals surface area contributed by atoms with Gasteiger partial charge in [-0.05, 0) is 151 Å². The van der Waals surface area contributed by atoms with Crippen molar-refractivity contribution in [1.82, 2.24) is 0 Å². The molecule has 0 saturated heterocycles. The second kappa shape index (κ2) is 15.6. The maximum Gasteiger partial charge on any atom is -0.00821 e.